The van der Waals surface area contributed by atoms with Crippen LogP contribution in [0.2, 0.25) is 0 Å². The van der Waals surface area contributed by atoms with Crippen LogP contribution < -0.4 is 10.6 Å². The molecule has 2 heterocycles. The van der Waals surface area contributed by atoms with Gasteiger partial charge in [-0.05, 0) is 42.9 Å². The number of hydrogen-bond acceptors (Lipinski definition) is 2. The zero-order valence-electron chi connectivity index (χ0n) is 13.8. The average molecular weight is 266 g/mol. The van der Waals surface area contributed by atoms with Gasteiger partial charge in [-0.25, -0.2) is 0 Å². The molecule has 19 heavy (non-hydrogen) atoms. The molecule has 0 aromatic heterocycles. The fourth-order valence-electron chi connectivity index (χ4n) is 3.72. The van der Waals surface area contributed by atoms with Crippen LogP contribution in [0, 0.1) is 10.8 Å². The third kappa shape index (κ3) is 3.95. The molecule has 4 atom stereocenters. The first-order valence-corrected chi connectivity index (χ1v) is 8.18. The molecule has 2 aliphatic heterocycles. The van der Waals surface area contributed by atoms with E-state index in [2.05, 4.69) is 52.2 Å². The Morgan fingerprint density at radius 2 is 1.05 bits per heavy atom. The van der Waals surface area contributed by atoms with Gasteiger partial charge in [-0.3, -0.25) is 0 Å². The van der Waals surface area contributed by atoms with Gasteiger partial charge in [0.15, 0.2) is 0 Å². The van der Waals surface area contributed by atoms with Gasteiger partial charge in [0, 0.05) is 24.2 Å². The van der Waals surface area contributed by atoms with Gasteiger partial charge in [-0.1, -0.05) is 41.5 Å². The smallest absolute Gasteiger partial charge is 0.0119 e. The molecule has 2 N–H and O–H groups in total. The lowest BCUT2D eigenvalue weighted by atomic mass is 9.86. The van der Waals surface area contributed by atoms with E-state index in [1.165, 1.54) is 32.1 Å². The highest BCUT2D eigenvalue weighted by Crippen LogP contribution is 2.33. The second kappa shape index (κ2) is 5.37. The lowest BCUT2D eigenvalue weighted by Crippen LogP contribution is -2.43. The zero-order valence-corrected chi connectivity index (χ0v) is 13.8. The van der Waals surface area contributed by atoms with E-state index in [0.717, 1.165) is 12.1 Å². The molecule has 2 heteroatoms. The van der Waals surface area contributed by atoms with Crippen molar-refractivity contribution in [2.75, 3.05) is 0 Å². The van der Waals surface area contributed by atoms with Crippen molar-refractivity contribution in [1.29, 1.82) is 0 Å². The Balaban J connectivity index is 1.78. The summed E-state index contributed by atoms with van der Waals surface area (Å²) in [6.07, 6.45) is 6.74. The summed E-state index contributed by atoms with van der Waals surface area (Å²) in [6, 6.07) is 2.88. The van der Waals surface area contributed by atoms with Crippen molar-refractivity contribution in [3.8, 4) is 0 Å². The first-order valence-electron chi connectivity index (χ1n) is 8.18. The maximum atomic E-state index is 3.87. The van der Waals surface area contributed by atoms with Gasteiger partial charge in [0.1, 0.15) is 0 Å². The van der Waals surface area contributed by atoms with Crippen LogP contribution in [0.5, 0.6) is 0 Å². The summed E-state index contributed by atoms with van der Waals surface area (Å²) in [5, 5.41) is 7.74. The average Bonchev–Trinajstić information content (AvgIpc) is 2.84. The van der Waals surface area contributed by atoms with E-state index in [9.17, 15) is 0 Å². The van der Waals surface area contributed by atoms with E-state index >= 15 is 0 Å². The minimum Gasteiger partial charge on any atom is -0.311 e. The number of rotatable bonds is 2. The molecule has 4 unspecified atom stereocenters. The van der Waals surface area contributed by atoms with Gasteiger partial charge in [-0.2, -0.15) is 0 Å². The van der Waals surface area contributed by atoms with Crippen molar-refractivity contribution >= 4 is 0 Å². The first kappa shape index (κ1) is 15.3. The fourth-order valence-corrected chi connectivity index (χ4v) is 3.72. The largest absolute Gasteiger partial charge is 0.311 e. The minimum absolute atomic E-state index is 0.409. The summed E-state index contributed by atoms with van der Waals surface area (Å²) in [4.78, 5) is 0. The third-order valence-corrected chi connectivity index (χ3v) is 5.14. The van der Waals surface area contributed by atoms with Gasteiger partial charge in [0.25, 0.3) is 0 Å². The Morgan fingerprint density at radius 3 is 1.32 bits per heavy atom. The maximum absolute atomic E-state index is 3.87. The van der Waals surface area contributed by atoms with Crippen LogP contribution in [0.15, 0.2) is 0 Å². The maximum Gasteiger partial charge on any atom is 0.0119 e. The van der Waals surface area contributed by atoms with E-state index in [4.69, 9.17) is 0 Å². The SMILES string of the molecule is CC(C)(C)C1CCC(CC2CCC(C(C)(C)C)N2)N1. The van der Waals surface area contributed by atoms with Crippen molar-refractivity contribution in [1.82, 2.24) is 10.6 Å². The highest BCUT2D eigenvalue weighted by molar-refractivity contribution is 4.96. The molecule has 2 rings (SSSR count). The van der Waals surface area contributed by atoms with E-state index < -0.39 is 0 Å². The Bertz CT molecular complexity index is 267. The predicted molar refractivity (Wildman–Crippen MR) is 83.4 cm³/mol. The number of hydrogen-bond donors (Lipinski definition) is 2. The van der Waals surface area contributed by atoms with Crippen LogP contribution in [-0.2, 0) is 0 Å². The predicted octanol–water partition coefficient (Wildman–Crippen LogP) is 3.71. The fraction of sp³-hybridized carbons (Fsp3) is 1.00. The van der Waals surface area contributed by atoms with Gasteiger partial charge in [-0.15, -0.1) is 0 Å². The molecule has 0 aromatic carbocycles. The Morgan fingerprint density at radius 1 is 0.684 bits per heavy atom. The summed E-state index contributed by atoms with van der Waals surface area (Å²) in [5.74, 6) is 0. The lowest BCUT2D eigenvalue weighted by molar-refractivity contribution is 0.271. The molecule has 0 bridgehead atoms. The molecule has 2 saturated heterocycles. The molecule has 0 spiro atoms. The molecule has 2 fully saturated rings. The molecular weight excluding hydrogens is 232 g/mol. The van der Waals surface area contributed by atoms with E-state index in [1.54, 1.807) is 0 Å². The monoisotopic (exact) mass is 266 g/mol. The Kier molecular flexibility index (Phi) is 4.32. The van der Waals surface area contributed by atoms with E-state index in [-0.39, 0.29) is 0 Å². The zero-order chi connectivity index (χ0) is 14.3. The van der Waals surface area contributed by atoms with Gasteiger partial charge >= 0.3 is 0 Å². The van der Waals surface area contributed by atoms with Crippen molar-refractivity contribution < 1.29 is 0 Å². The van der Waals surface area contributed by atoms with Crippen LogP contribution in [-0.4, -0.2) is 24.2 Å². The summed E-state index contributed by atoms with van der Waals surface area (Å²) in [7, 11) is 0. The topological polar surface area (TPSA) is 24.1 Å². The summed E-state index contributed by atoms with van der Waals surface area (Å²) >= 11 is 0. The summed E-state index contributed by atoms with van der Waals surface area (Å²) in [5.41, 5.74) is 0.817. The minimum atomic E-state index is 0.409. The molecule has 0 aliphatic carbocycles. The Labute approximate surface area is 120 Å². The second-order valence-electron chi connectivity index (χ2n) is 8.95. The standard InChI is InChI=1S/C17H34N2/c1-16(2,3)14-9-7-12(18-14)11-13-8-10-15(19-13)17(4,5)6/h12-15,18-19H,7-11H2,1-6H3. The molecular formula is C17H34N2. The van der Waals surface area contributed by atoms with Gasteiger partial charge in [0.05, 0.1) is 0 Å². The third-order valence-electron chi connectivity index (χ3n) is 5.14. The quantitative estimate of drug-likeness (QED) is 0.796. The van der Waals surface area contributed by atoms with Crippen molar-refractivity contribution in [2.24, 2.45) is 10.8 Å². The normalized spacial score (nSPS) is 36.9. The molecule has 2 aliphatic rings. The van der Waals surface area contributed by atoms with E-state index in [0.29, 0.717) is 22.9 Å². The second-order valence-corrected chi connectivity index (χ2v) is 8.95. The van der Waals surface area contributed by atoms with Crippen LogP contribution in [0.4, 0.5) is 0 Å². The molecule has 2 nitrogen and oxygen atoms in total. The van der Waals surface area contributed by atoms with Crippen molar-refractivity contribution in [2.45, 2.75) is 97.8 Å². The first-order chi connectivity index (χ1) is 8.66. The molecule has 0 aromatic rings. The van der Waals surface area contributed by atoms with Crippen LogP contribution >= 0.6 is 0 Å². The van der Waals surface area contributed by atoms with Crippen molar-refractivity contribution in [3.63, 3.8) is 0 Å². The Hall–Kier alpha value is -0.0800. The molecule has 112 valence electrons. The molecule has 0 saturated carbocycles. The van der Waals surface area contributed by atoms with Crippen LogP contribution in [0.3, 0.4) is 0 Å². The van der Waals surface area contributed by atoms with E-state index in [1.807, 2.05) is 0 Å². The highest BCUT2D eigenvalue weighted by Gasteiger charge is 2.36. The van der Waals surface area contributed by atoms with Crippen molar-refractivity contribution in [3.05, 3.63) is 0 Å². The number of nitrogens with one attached hydrogen (secondary N) is 2. The molecule has 0 amide bonds. The van der Waals surface area contributed by atoms with Gasteiger partial charge in [0.2, 0.25) is 0 Å². The highest BCUT2D eigenvalue weighted by atomic mass is 15.0. The summed E-state index contributed by atoms with van der Waals surface area (Å²) in [6.45, 7) is 14.1. The van der Waals surface area contributed by atoms with Crippen LogP contribution in [0.1, 0.15) is 73.6 Å². The van der Waals surface area contributed by atoms with Gasteiger partial charge < -0.3 is 10.6 Å². The lowest BCUT2D eigenvalue weighted by Gasteiger charge is -2.29. The summed E-state index contributed by atoms with van der Waals surface area (Å²) < 4.78 is 0. The molecule has 0 radical (unpaired) electrons. The van der Waals surface area contributed by atoms with Crippen LogP contribution in [0.25, 0.3) is 0 Å².